The van der Waals surface area contributed by atoms with Crippen LogP contribution in [0, 0.1) is 13.8 Å². The number of rotatable bonds is 3. The van der Waals surface area contributed by atoms with Crippen LogP contribution in [0.15, 0.2) is 18.2 Å². The number of nitrogens with one attached hydrogen (secondary N) is 1. The largest absolute Gasteiger partial charge is 0.383 e. The predicted octanol–water partition coefficient (Wildman–Crippen LogP) is 2.81. The van der Waals surface area contributed by atoms with E-state index in [4.69, 9.17) is 0 Å². The molecule has 0 saturated carbocycles. The lowest BCUT2D eigenvalue weighted by Gasteiger charge is -2.21. The van der Waals surface area contributed by atoms with E-state index in [1.165, 1.54) is 36.2 Å². The van der Waals surface area contributed by atoms with Gasteiger partial charge in [0.1, 0.15) is 0 Å². The summed E-state index contributed by atoms with van der Waals surface area (Å²) in [6.07, 6.45) is 2.67. The molecule has 0 spiro atoms. The normalized spacial score (nSPS) is 21.3. The van der Waals surface area contributed by atoms with Crippen LogP contribution >= 0.6 is 0 Å². The van der Waals surface area contributed by atoms with Crippen LogP contribution in [0.4, 0.5) is 5.69 Å². The maximum Gasteiger partial charge on any atom is 0.0370 e. The summed E-state index contributed by atoms with van der Waals surface area (Å²) in [6, 6.07) is 7.31. The molecule has 0 aliphatic carbocycles. The Hall–Kier alpha value is -1.02. The van der Waals surface area contributed by atoms with E-state index in [-0.39, 0.29) is 0 Å². The highest BCUT2D eigenvalue weighted by Crippen LogP contribution is 2.19. The van der Waals surface area contributed by atoms with Crippen molar-refractivity contribution >= 4 is 5.69 Å². The van der Waals surface area contributed by atoms with Crippen molar-refractivity contribution in [2.45, 2.75) is 32.7 Å². The number of aryl methyl sites for hydroxylation is 2. The van der Waals surface area contributed by atoms with Gasteiger partial charge in [0.15, 0.2) is 0 Å². The summed E-state index contributed by atoms with van der Waals surface area (Å²) in [7, 11) is 2.22. The van der Waals surface area contributed by atoms with Gasteiger partial charge in [-0.2, -0.15) is 0 Å². The van der Waals surface area contributed by atoms with Crippen molar-refractivity contribution in [2.75, 3.05) is 25.5 Å². The Morgan fingerprint density at radius 1 is 1.38 bits per heavy atom. The predicted molar refractivity (Wildman–Crippen MR) is 70.1 cm³/mol. The Labute approximate surface area is 98.7 Å². The molecule has 1 atom stereocenters. The molecule has 1 aliphatic heterocycles. The van der Waals surface area contributed by atoms with E-state index in [2.05, 4.69) is 49.3 Å². The Bertz CT molecular complexity index is 360. The van der Waals surface area contributed by atoms with Crippen LogP contribution < -0.4 is 5.32 Å². The minimum atomic E-state index is 0.709. The van der Waals surface area contributed by atoms with Gasteiger partial charge in [0.2, 0.25) is 0 Å². The fourth-order valence-electron chi connectivity index (χ4n) is 2.48. The Morgan fingerprint density at radius 3 is 2.81 bits per heavy atom. The van der Waals surface area contributed by atoms with Crippen LogP contribution in [-0.4, -0.2) is 31.1 Å². The summed E-state index contributed by atoms with van der Waals surface area (Å²) in [4.78, 5) is 2.45. The number of nitrogens with zero attached hydrogens (tertiary/aromatic N) is 1. The first-order chi connectivity index (χ1) is 7.66. The topological polar surface area (TPSA) is 15.3 Å². The van der Waals surface area contributed by atoms with E-state index in [0.29, 0.717) is 6.04 Å². The average Bonchev–Trinajstić information content (AvgIpc) is 2.63. The molecule has 16 heavy (non-hydrogen) atoms. The van der Waals surface area contributed by atoms with E-state index < -0.39 is 0 Å². The van der Waals surface area contributed by atoms with Crippen LogP contribution in [0.25, 0.3) is 0 Å². The van der Waals surface area contributed by atoms with Crippen molar-refractivity contribution in [3.63, 3.8) is 0 Å². The third-order valence-corrected chi connectivity index (χ3v) is 3.58. The molecule has 2 nitrogen and oxygen atoms in total. The minimum absolute atomic E-state index is 0.709. The molecule has 2 rings (SSSR count). The molecule has 0 aromatic heterocycles. The molecular weight excluding hydrogens is 196 g/mol. The highest BCUT2D eigenvalue weighted by atomic mass is 15.2. The second-order valence-electron chi connectivity index (χ2n) is 4.98. The van der Waals surface area contributed by atoms with Gasteiger partial charge in [-0.05, 0) is 51.9 Å². The van der Waals surface area contributed by atoms with Crippen LogP contribution in [-0.2, 0) is 0 Å². The molecule has 1 N–H and O–H groups in total. The lowest BCUT2D eigenvalue weighted by Crippen LogP contribution is -2.31. The molecule has 0 bridgehead atoms. The van der Waals surface area contributed by atoms with Crippen molar-refractivity contribution in [3.05, 3.63) is 29.3 Å². The zero-order valence-corrected chi connectivity index (χ0v) is 10.6. The minimum Gasteiger partial charge on any atom is -0.383 e. The lowest BCUT2D eigenvalue weighted by atomic mass is 10.1. The molecule has 0 amide bonds. The zero-order valence-electron chi connectivity index (χ0n) is 10.6. The molecule has 1 fully saturated rings. The first-order valence-electron chi connectivity index (χ1n) is 6.18. The monoisotopic (exact) mass is 218 g/mol. The van der Waals surface area contributed by atoms with Gasteiger partial charge >= 0.3 is 0 Å². The zero-order chi connectivity index (χ0) is 11.5. The summed E-state index contributed by atoms with van der Waals surface area (Å²) in [5.41, 5.74) is 3.97. The smallest absolute Gasteiger partial charge is 0.0370 e. The molecule has 2 heteroatoms. The van der Waals surface area contributed by atoms with Crippen molar-refractivity contribution in [3.8, 4) is 0 Å². The Balaban J connectivity index is 1.94. The van der Waals surface area contributed by atoms with Crippen LogP contribution in [0.2, 0.25) is 0 Å². The number of likely N-dealkylation sites (tertiary alicyclic amines) is 1. The van der Waals surface area contributed by atoms with Gasteiger partial charge in [0.05, 0.1) is 0 Å². The van der Waals surface area contributed by atoms with Gasteiger partial charge in [0, 0.05) is 18.3 Å². The van der Waals surface area contributed by atoms with Gasteiger partial charge in [0.25, 0.3) is 0 Å². The van der Waals surface area contributed by atoms with Crippen LogP contribution in [0.3, 0.4) is 0 Å². The first kappa shape index (κ1) is 11.5. The van der Waals surface area contributed by atoms with E-state index in [0.717, 1.165) is 6.54 Å². The fourth-order valence-corrected chi connectivity index (χ4v) is 2.48. The third kappa shape index (κ3) is 2.56. The second kappa shape index (κ2) is 4.88. The third-order valence-electron chi connectivity index (χ3n) is 3.58. The highest BCUT2D eigenvalue weighted by Gasteiger charge is 2.20. The first-order valence-corrected chi connectivity index (χ1v) is 6.18. The van der Waals surface area contributed by atoms with Crippen molar-refractivity contribution in [2.24, 2.45) is 0 Å². The van der Waals surface area contributed by atoms with Crippen molar-refractivity contribution in [1.82, 2.24) is 4.90 Å². The number of anilines is 1. The molecule has 1 aliphatic rings. The van der Waals surface area contributed by atoms with Gasteiger partial charge in [-0.1, -0.05) is 17.7 Å². The molecule has 1 aromatic carbocycles. The number of hydrogen-bond acceptors (Lipinski definition) is 2. The van der Waals surface area contributed by atoms with Crippen LogP contribution in [0.5, 0.6) is 0 Å². The van der Waals surface area contributed by atoms with Gasteiger partial charge in [-0.15, -0.1) is 0 Å². The Kier molecular flexibility index (Phi) is 3.49. The number of likely N-dealkylation sites (N-methyl/N-ethyl adjacent to an activating group) is 1. The van der Waals surface area contributed by atoms with Gasteiger partial charge in [-0.3, -0.25) is 0 Å². The van der Waals surface area contributed by atoms with E-state index in [1.807, 2.05) is 0 Å². The quantitative estimate of drug-likeness (QED) is 0.839. The maximum atomic E-state index is 3.57. The van der Waals surface area contributed by atoms with E-state index in [1.54, 1.807) is 0 Å². The summed E-state index contributed by atoms with van der Waals surface area (Å²) in [5, 5.41) is 3.57. The van der Waals surface area contributed by atoms with E-state index in [9.17, 15) is 0 Å². The SMILES string of the molecule is Cc1ccc(NCC2CCCN2C)c(C)c1. The van der Waals surface area contributed by atoms with Crippen molar-refractivity contribution < 1.29 is 0 Å². The summed E-state index contributed by atoms with van der Waals surface area (Å²) < 4.78 is 0. The summed E-state index contributed by atoms with van der Waals surface area (Å²) in [6.45, 7) is 6.63. The Morgan fingerprint density at radius 2 is 2.19 bits per heavy atom. The lowest BCUT2D eigenvalue weighted by molar-refractivity contribution is 0.322. The molecule has 0 radical (unpaired) electrons. The summed E-state index contributed by atoms with van der Waals surface area (Å²) in [5.74, 6) is 0. The van der Waals surface area contributed by atoms with Gasteiger partial charge in [-0.25, -0.2) is 0 Å². The van der Waals surface area contributed by atoms with Crippen molar-refractivity contribution in [1.29, 1.82) is 0 Å². The number of hydrogen-bond donors (Lipinski definition) is 1. The molecule has 1 unspecified atom stereocenters. The van der Waals surface area contributed by atoms with Gasteiger partial charge < -0.3 is 10.2 Å². The maximum absolute atomic E-state index is 3.57. The fraction of sp³-hybridized carbons (Fsp3) is 0.571. The summed E-state index contributed by atoms with van der Waals surface area (Å²) >= 11 is 0. The number of benzene rings is 1. The molecule has 88 valence electrons. The average molecular weight is 218 g/mol. The highest BCUT2D eigenvalue weighted by molar-refractivity contribution is 5.52. The molecule has 1 saturated heterocycles. The molecular formula is C14H22N2. The van der Waals surface area contributed by atoms with Crippen LogP contribution in [0.1, 0.15) is 24.0 Å². The van der Waals surface area contributed by atoms with E-state index >= 15 is 0 Å². The second-order valence-corrected chi connectivity index (χ2v) is 4.98. The standard InChI is InChI=1S/C14H22N2/c1-11-6-7-14(12(2)9-11)15-10-13-5-4-8-16(13)3/h6-7,9,13,15H,4-5,8,10H2,1-3H3. The molecule has 1 heterocycles. The molecule has 1 aromatic rings.